The van der Waals surface area contributed by atoms with Crippen LogP contribution in [-0.4, -0.2) is 129 Å². The van der Waals surface area contributed by atoms with Crippen LogP contribution in [0.3, 0.4) is 0 Å². The summed E-state index contributed by atoms with van der Waals surface area (Å²) in [5.74, 6) is 3.10. The fourth-order valence-corrected chi connectivity index (χ4v) is 15.6. The maximum absolute atomic E-state index is 14.4. The van der Waals surface area contributed by atoms with Crippen molar-refractivity contribution in [1.29, 1.82) is 0 Å². The summed E-state index contributed by atoms with van der Waals surface area (Å²) >= 11 is 1.63. The molecule has 2 aliphatic carbocycles. The Hall–Kier alpha value is -6.69. The molecule has 1 saturated carbocycles. The van der Waals surface area contributed by atoms with Crippen LogP contribution in [0.25, 0.3) is 43.4 Å². The number of benzene rings is 3. The van der Waals surface area contributed by atoms with Crippen LogP contribution in [0.1, 0.15) is 132 Å². The highest BCUT2D eigenvalue weighted by Gasteiger charge is 2.47. The highest BCUT2D eigenvalue weighted by molar-refractivity contribution is 7.13. The third kappa shape index (κ3) is 9.87. The molecule has 6 fully saturated rings. The van der Waals surface area contributed by atoms with E-state index in [-0.39, 0.29) is 40.9 Å². The first kappa shape index (κ1) is 52.4. The summed E-state index contributed by atoms with van der Waals surface area (Å²) in [5, 5.41) is 25.5. The third-order valence-corrected chi connectivity index (χ3v) is 20.4. The number of amides is 2. The molecule has 2 amide bonds. The number of carbonyl (C=O) groups is 2. The Morgan fingerprint density at radius 2 is 1.70 bits per heavy atom. The molecule has 3 unspecified atom stereocenters. The first-order valence-corrected chi connectivity index (χ1v) is 30.9. The lowest BCUT2D eigenvalue weighted by molar-refractivity contribution is -0.141. The number of pyridine rings is 1. The van der Waals surface area contributed by atoms with Crippen LogP contribution >= 0.6 is 11.3 Å². The molecule has 0 radical (unpaired) electrons. The van der Waals surface area contributed by atoms with Gasteiger partial charge >= 0.3 is 6.01 Å². The molecule has 14 rings (SSSR count). The summed E-state index contributed by atoms with van der Waals surface area (Å²) in [7, 11) is 0. The molecular weight excluding hydrogens is 1030 g/mol. The number of nitrogens with zero attached hydrogens (tertiary/aromatic N) is 9. The van der Waals surface area contributed by atoms with Gasteiger partial charge in [0.05, 0.1) is 45.3 Å². The van der Waals surface area contributed by atoms with Gasteiger partial charge in [0.2, 0.25) is 11.8 Å². The number of aromatic nitrogens is 5. The summed E-state index contributed by atoms with van der Waals surface area (Å²) in [6.07, 6.45) is 11.6. The number of thiazole rings is 1. The normalized spacial score (nSPS) is 23.3. The maximum Gasteiger partial charge on any atom is 0.318 e. The number of carbonyl (C=O) groups excluding carboxylic acids is 2. The van der Waals surface area contributed by atoms with Crippen molar-refractivity contribution in [2.75, 3.05) is 68.8 Å². The lowest BCUT2D eigenvalue weighted by atomic mass is 9.79. The van der Waals surface area contributed by atoms with E-state index in [2.05, 4.69) is 84.9 Å². The number of aryl methyl sites for hydroxylation is 1. The fourth-order valence-electron chi connectivity index (χ4n) is 14.8. The van der Waals surface area contributed by atoms with E-state index in [1.165, 1.54) is 37.7 Å². The predicted octanol–water partition coefficient (Wildman–Crippen LogP) is 10.4. The summed E-state index contributed by atoms with van der Waals surface area (Å²) in [6, 6.07) is 20.9. The van der Waals surface area contributed by atoms with Gasteiger partial charge < -0.3 is 44.6 Å². The SMILES string of the molecule is Cc1ncsc1-c1ccc([C@H](C)NC(=O)[C@@H]2CCCN2C(=O)[C@H](c2cc(N3CC(CC4CCN(CC5(COc6nc(N7CC8CCC(C7)N8)c7cnc8c(c7n6)C(C)c6cccc7cc(O)cc-8c67)CC5)CC4)C3)no2)C(C)C)cc1. The van der Waals surface area contributed by atoms with E-state index in [4.69, 9.17) is 24.2 Å². The molecule has 3 aromatic carbocycles. The second kappa shape index (κ2) is 20.9. The number of hydrogen-bond donors (Lipinski definition) is 3. The largest absolute Gasteiger partial charge is 0.508 e. The zero-order valence-electron chi connectivity index (χ0n) is 47.4. The first-order chi connectivity index (χ1) is 39.3. The van der Waals surface area contributed by atoms with Gasteiger partial charge in [-0.3, -0.25) is 14.6 Å². The third-order valence-electron chi connectivity index (χ3n) is 19.5. The molecule has 16 nitrogen and oxygen atoms in total. The number of piperidine rings is 1. The molecule has 7 aromatic rings. The van der Waals surface area contributed by atoms with Crippen LogP contribution in [0.5, 0.6) is 11.8 Å². The number of fused-ring (bicyclic) bond motifs is 6. The van der Waals surface area contributed by atoms with E-state index in [0.717, 1.165) is 137 Å². The molecule has 5 saturated heterocycles. The van der Waals surface area contributed by atoms with Gasteiger partial charge in [-0.15, -0.1) is 11.3 Å². The number of nitrogens with one attached hydrogen (secondary N) is 2. The van der Waals surface area contributed by atoms with Gasteiger partial charge in [0.15, 0.2) is 11.6 Å². The number of phenolic OH excluding ortho intramolecular Hbond substituents is 1. The Morgan fingerprint density at radius 1 is 0.914 bits per heavy atom. The number of hydrogen-bond acceptors (Lipinski definition) is 15. The van der Waals surface area contributed by atoms with E-state index in [0.29, 0.717) is 55.3 Å². The summed E-state index contributed by atoms with van der Waals surface area (Å²) in [4.78, 5) is 58.6. The minimum atomic E-state index is -0.527. The minimum Gasteiger partial charge on any atom is -0.508 e. The van der Waals surface area contributed by atoms with Crippen LogP contribution in [0.4, 0.5) is 11.6 Å². The monoisotopic (exact) mass is 1110 g/mol. The average molecular weight is 1110 g/mol. The van der Waals surface area contributed by atoms with E-state index < -0.39 is 12.0 Å². The summed E-state index contributed by atoms with van der Waals surface area (Å²) in [6.45, 7) is 18.4. The lowest BCUT2D eigenvalue weighted by Gasteiger charge is -2.42. The quantitative estimate of drug-likeness (QED) is 0.0832. The average Bonchev–Trinajstić information content (AvgIpc) is 3.84. The second-order valence-corrected chi connectivity index (χ2v) is 26.3. The number of rotatable bonds is 16. The molecule has 2 bridgehead atoms. The Labute approximate surface area is 478 Å². The topological polar surface area (TPSA) is 178 Å². The second-order valence-electron chi connectivity index (χ2n) is 25.4. The smallest absolute Gasteiger partial charge is 0.318 e. The number of anilines is 2. The standard InChI is InChI=1S/C64H75N11O5S/c1-36(2)54(62(78)75-21-7-10-51(75)61(77)67-38(4)42-11-13-43(14-12-42)59-39(5)66-35-81-59)52-27-53(71-80-52)73-29-41(30-73)24-40-17-22-72(23-18-40)33-64(19-20-64)34-79-63-69-58-50(60(70-63)74-31-45-15-16-46(32-74)68-45)28-65-57-49-26-47(76)25-44-8-6-9-48(56(44)49)37(3)55(57)58/h6,8-9,11-14,25-28,35-38,40-41,45-46,51,54,68,76H,7,10,15-24,29-34H2,1-5H3,(H,67,77)/t37?,38-,45?,46?,51-,54-/m0/s1. The number of likely N-dealkylation sites (tertiary alicyclic amines) is 2. The number of aromatic hydroxyl groups is 1. The molecule has 81 heavy (non-hydrogen) atoms. The molecule has 5 aliphatic heterocycles. The van der Waals surface area contributed by atoms with Crippen LogP contribution in [0, 0.1) is 30.1 Å². The number of phenols is 1. The van der Waals surface area contributed by atoms with Crippen molar-refractivity contribution in [3.05, 3.63) is 101 Å². The molecule has 6 atom stereocenters. The Bertz CT molecular complexity index is 3520. The van der Waals surface area contributed by atoms with Gasteiger partial charge in [-0.25, -0.2) is 4.98 Å². The van der Waals surface area contributed by atoms with Gasteiger partial charge in [-0.05, 0) is 142 Å². The van der Waals surface area contributed by atoms with Crippen molar-refractivity contribution < 1.29 is 24.0 Å². The highest BCUT2D eigenvalue weighted by Crippen LogP contribution is 2.50. The van der Waals surface area contributed by atoms with Crippen LogP contribution < -0.4 is 25.2 Å². The zero-order chi connectivity index (χ0) is 55.3. The van der Waals surface area contributed by atoms with Gasteiger partial charge in [-0.2, -0.15) is 9.97 Å². The van der Waals surface area contributed by atoms with Crippen molar-refractivity contribution in [2.24, 2.45) is 23.2 Å². The summed E-state index contributed by atoms with van der Waals surface area (Å²) in [5.41, 5.74) is 10.1. The van der Waals surface area contributed by atoms with Crippen LogP contribution in [-0.2, 0) is 9.59 Å². The Balaban J connectivity index is 0.579. The molecule has 7 aliphatic rings. The van der Waals surface area contributed by atoms with Crippen molar-refractivity contribution in [1.82, 2.24) is 45.5 Å². The molecular formula is C64H75N11O5S. The Morgan fingerprint density at radius 3 is 2.44 bits per heavy atom. The van der Waals surface area contributed by atoms with Gasteiger partial charge in [0.1, 0.15) is 23.5 Å². The number of ether oxygens (including phenoxy) is 1. The van der Waals surface area contributed by atoms with Gasteiger partial charge in [-0.1, -0.05) is 68.4 Å². The van der Waals surface area contributed by atoms with Crippen molar-refractivity contribution in [2.45, 2.75) is 128 Å². The first-order valence-electron chi connectivity index (χ1n) is 30.0. The number of piperazine rings is 1. The van der Waals surface area contributed by atoms with E-state index in [9.17, 15) is 14.7 Å². The van der Waals surface area contributed by atoms with Crippen LogP contribution in [0.15, 0.2) is 76.9 Å². The van der Waals surface area contributed by atoms with Gasteiger partial charge in [0, 0.05) is 86.1 Å². The van der Waals surface area contributed by atoms with Crippen molar-refractivity contribution in [3.8, 4) is 33.5 Å². The van der Waals surface area contributed by atoms with Crippen LogP contribution in [0.2, 0.25) is 0 Å². The summed E-state index contributed by atoms with van der Waals surface area (Å²) < 4.78 is 12.8. The molecule has 0 spiro atoms. The molecule has 17 heteroatoms. The van der Waals surface area contributed by atoms with E-state index in [1.807, 2.05) is 57.6 Å². The fraction of sp³-hybridized carbons (Fsp3) is 0.516. The van der Waals surface area contributed by atoms with Crippen molar-refractivity contribution in [3.63, 3.8) is 0 Å². The van der Waals surface area contributed by atoms with Crippen molar-refractivity contribution >= 4 is 56.5 Å². The molecule has 4 aromatic heterocycles. The molecule has 3 N–H and O–H groups in total. The lowest BCUT2D eigenvalue weighted by Crippen LogP contribution is -2.51. The zero-order valence-corrected chi connectivity index (χ0v) is 48.2. The minimum absolute atomic E-state index is 0.0364. The van der Waals surface area contributed by atoms with E-state index >= 15 is 0 Å². The highest BCUT2D eigenvalue weighted by atomic mass is 32.1. The molecule has 9 heterocycles. The van der Waals surface area contributed by atoms with E-state index in [1.54, 1.807) is 16.2 Å². The predicted molar refractivity (Wildman–Crippen MR) is 316 cm³/mol. The molecule has 422 valence electrons. The maximum atomic E-state index is 14.4. The van der Waals surface area contributed by atoms with Gasteiger partial charge in [0.25, 0.3) is 0 Å². The Kier molecular flexibility index (Phi) is 13.5.